The van der Waals surface area contributed by atoms with E-state index in [9.17, 15) is 5.11 Å². The summed E-state index contributed by atoms with van der Waals surface area (Å²) in [5, 5.41) is 10.8. The first-order valence-electron chi connectivity index (χ1n) is 7.54. The van der Waals surface area contributed by atoms with Crippen LogP contribution < -0.4 is 0 Å². The number of para-hydroxylation sites is 1. The molecule has 0 heterocycles. The lowest BCUT2D eigenvalue weighted by Gasteiger charge is -2.27. The zero-order valence-electron chi connectivity index (χ0n) is 13.0. The summed E-state index contributed by atoms with van der Waals surface area (Å²) in [4.78, 5) is 0. The van der Waals surface area contributed by atoms with E-state index in [1.54, 1.807) is 0 Å². The highest BCUT2D eigenvalue weighted by molar-refractivity contribution is 5.72. The smallest absolute Gasteiger partial charge is 0.127 e. The third kappa shape index (κ3) is 2.50. The molecule has 3 aromatic rings. The Morgan fingerprint density at radius 2 is 1.27 bits per heavy atom. The van der Waals surface area contributed by atoms with E-state index in [2.05, 4.69) is 26.0 Å². The molecule has 0 spiro atoms. The molecule has 0 saturated heterocycles. The van der Waals surface area contributed by atoms with Crippen LogP contribution in [0.3, 0.4) is 0 Å². The molecular formula is C21H20O. The minimum absolute atomic E-state index is 0.254. The van der Waals surface area contributed by atoms with Crippen molar-refractivity contribution in [2.75, 3.05) is 0 Å². The van der Waals surface area contributed by atoms with Crippen molar-refractivity contribution in [1.29, 1.82) is 0 Å². The zero-order chi connectivity index (χ0) is 15.6. The number of hydrogen-bond acceptors (Lipinski definition) is 1. The molecule has 0 bridgehead atoms. The highest BCUT2D eigenvalue weighted by Crippen LogP contribution is 2.41. The van der Waals surface area contributed by atoms with Gasteiger partial charge in [0.05, 0.1) is 0 Å². The predicted octanol–water partition coefficient (Wildman–Crippen LogP) is 5.39. The Labute approximate surface area is 131 Å². The first-order chi connectivity index (χ1) is 10.6. The summed E-state index contributed by atoms with van der Waals surface area (Å²) in [5.41, 5.74) is 3.79. The van der Waals surface area contributed by atoms with Crippen LogP contribution in [0.25, 0.3) is 11.1 Å². The van der Waals surface area contributed by atoms with E-state index in [4.69, 9.17) is 0 Å². The molecule has 1 heteroatoms. The Morgan fingerprint density at radius 1 is 0.682 bits per heavy atom. The summed E-state index contributed by atoms with van der Waals surface area (Å²) in [6.07, 6.45) is 0. The average molecular weight is 288 g/mol. The van der Waals surface area contributed by atoms with E-state index in [1.807, 2.05) is 66.7 Å². The molecule has 0 atom stereocenters. The van der Waals surface area contributed by atoms with Crippen molar-refractivity contribution in [1.82, 2.24) is 0 Å². The van der Waals surface area contributed by atoms with Gasteiger partial charge in [-0.2, -0.15) is 0 Å². The van der Waals surface area contributed by atoms with Crippen molar-refractivity contribution in [3.8, 4) is 16.9 Å². The van der Waals surface area contributed by atoms with Crippen molar-refractivity contribution in [2.45, 2.75) is 19.3 Å². The molecule has 0 amide bonds. The molecule has 3 rings (SSSR count). The first-order valence-corrected chi connectivity index (χ1v) is 7.54. The van der Waals surface area contributed by atoms with Crippen LogP contribution in [0.4, 0.5) is 0 Å². The van der Waals surface area contributed by atoms with Crippen molar-refractivity contribution in [2.24, 2.45) is 0 Å². The van der Waals surface area contributed by atoms with E-state index in [0.29, 0.717) is 5.75 Å². The Hall–Kier alpha value is -2.54. The monoisotopic (exact) mass is 288 g/mol. The third-order valence-corrected chi connectivity index (χ3v) is 4.29. The summed E-state index contributed by atoms with van der Waals surface area (Å²) in [6.45, 7) is 4.29. The second-order valence-electron chi connectivity index (χ2n) is 6.06. The summed E-state index contributed by atoms with van der Waals surface area (Å²) < 4.78 is 0. The summed E-state index contributed by atoms with van der Waals surface area (Å²) in [5.74, 6) is 0.363. The van der Waals surface area contributed by atoms with Gasteiger partial charge in [0, 0.05) is 16.5 Å². The molecule has 0 saturated carbocycles. The van der Waals surface area contributed by atoms with Crippen LogP contribution in [0, 0.1) is 0 Å². The topological polar surface area (TPSA) is 20.2 Å². The summed E-state index contributed by atoms with van der Waals surface area (Å²) in [6, 6.07) is 26.3. The summed E-state index contributed by atoms with van der Waals surface area (Å²) >= 11 is 0. The van der Waals surface area contributed by atoms with Gasteiger partial charge in [0.2, 0.25) is 0 Å². The van der Waals surface area contributed by atoms with Gasteiger partial charge in [-0.1, -0.05) is 92.7 Å². The Bertz CT molecular complexity index is 758. The van der Waals surface area contributed by atoms with Crippen molar-refractivity contribution in [3.63, 3.8) is 0 Å². The van der Waals surface area contributed by atoms with E-state index < -0.39 is 0 Å². The van der Waals surface area contributed by atoms with Gasteiger partial charge in [-0.3, -0.25) is 0 Å². The lowest BCUT2D eigenvalue weighted by Crippen LogP contribution is -2.19. The number of phenols is 1. The quantitative estimate of drug-likeness (QED) is 0.685. The SMILES string of the molecule is CC(C)(c1ccccc1)c1cccc(-c2ccccc2)c1O. The lowest BCUT2D eigenvalue weighted by atomic mass is 9.77. The molecule has 0 aliphatic rings. The van der Waals surface area contributed by atoms with Crippen LogP contribution >= 0.6 is 0 Å². The molecule has 0 aliphatic carbocycles. The largest absolute Gasteiger partial charge is 0.507 e. The van der Waals surface area contributed by atoms with Gasteiger partial charge in [-0.15, -0.1) is 0 Å². The molecule has 0 fully saturated rings. The molecule has 0 radical (unpaired) electrons. The van der Waals surface area contributed by atoms with Crippen molar-refractivity contribution >= 4 is 0 Å². The minimum atomic E-state index is -0.254. The first kappa shape index (κ1) is 14.4. The van der Waals surface area contributed by atoms with Gasteiger partial charge in [0.15, 0.2) is 0 Å². The Morgan fingerprint density at radius 3 is 1.91 bits per heavy atom. The van der Waals surface area contributed by atoms with E-state index in [-0.39, 0.29) is 5.41 Å². The molecule has 0 aromatic heterocycles. The highest BCUT2D eigenvalue weighted by Gasteiger charge is 2.27. The Balaban J connectivity index is 2.13. The lowest BCUT2D eigenvalue weighted by molar-refractivity contribution is 0.455. The second-order valence-corrected chi connectivity index (χ2v) is 6.06. The molecule has 1 N–H and O–H groups in total. The van der Waals surface area contributed by atoms with E-state index in [0.717, 1.165) is 16.7 Å². The van der Waals surface area contributed by atoms with Gasteiger partial charge >= 0.3 is 0 Å². The van der Waals surface area contributed by atoms with Gasteiger partial charge in [-0.25, -0.2) is 0 Å². The number of phenolic OH excluding ortho intramolecular Hbond substituents is 1. The number of aromatic hydroxyl groups is 1. The molecule has 3 aromatic carbocycles. The highest BCUT2D eigenvalue weighted by atomic mass is 16.3. The van der Waals surface area contributed by atoms with Crippen LogP contribution in [0.2, 0.25) is 0 Å². The van der Waals surface area contributed by atoms with Crippen LogP contribution in [-0.2, 0) is 5.41 Å². The van der Waals surface area contributed by atoms with Crippen LogP contribution in [-0.4, -0.2) is 5.11 Å². The number of benzene rings is 3. The molecule has 110 valence electrons. The number of hydrogen-bond donors (Lipinski definition) is 1. The number of rotatable bonds is 3. The average Bonchev–Trinajstić information content (AvgIpc) is 2.56. The second kappa shape index (κ2) is 5.69. The van der Waals surface area contributed by atoms with E-state index in [1.165, 1.54) is 5.56 Å². The molecule has 22 heavy (non-hydrogen) atoms. The van der Waals surface area contributed by atoms with Crippen molar-refractivity contribution in [3.05, 3.63) is 90.0 Å². The molecular weight excluding hydrogens is 268 g/mol. The third-order valence-electron chi connectivity index (χ3n) is 4.29. The summed E-state index contributed by atoms with van der Waals surface area (Å²) in [7, 11) is 0. The van der Waals surface area contributed by atoms with Crippen molar-refractivity contribution < 1.29 is 5.11 Å². The maximum atomic E-state index is 10.8. The van der Waals surface area contributed by atoms with Gasteiger partial charge < -0.3 is 5.11 Å². The molecule has 0 unspecified atom stereocenters. The maximum Gasteiger partial charge on any atom is 0.127 e. The molecule has 1 nitrogen and oxygen atoms in total. The van der Waals surface area contributed by atoms with Gasteiger partial charge in [0.25, 0.3) is 0 Å². The van der Waals surface area contributed by atoms with Crippen LogP contribution in [0.15, 0.2) is 78.9 Å². The van der Waals surface area contributed by atoms with E-state index >= 15 is 0 Å². The predicted molar refractivity (Wildman–Crippen MR) is 92.1 cm³/mol. The Kier molecular flexibility index (Phi) is 3.72. The molecule has 0 aliphatic heterocycles. The fraction of sp³-hybridized carbons (Fsp3) is 0.143. The minimum Gasteiger partial charge on any atom is -0.507 e. The van der Waals surface area contributed by atoms with Crippen LogP contribution in [0.1, 0.15) is 25.0 Å². The van der Waals surface area contributed by atoms with Crippen LogP contribution in [0.5, 0.6) is 5.75 Å². The fourth-order valence-electron chi connectivity index (χ4n) is 2.91. The van der Waals surface area contributed by atoms with Gasteiger partial charge in [0.1, 0.15) is 5.75 Å². The normalized spacial score (nSPS) is 11.4. The van der Waals surface area contributed by atoms with Gasteiger partial charge in [-0.05, 0) is 11.1 Å². The zero-order valence-corrected chi connectivity index (χ0v) is 13.0. The fourth-order valence-corrected chi connectivity index (χ4v) is 2.91. The maximum absolute atomic E-state index is 10.8. The standard InChI is InChI=1S/C21H20O/c1-21(2,17-12-7-4-8-13-17)19-15-9-14-18(20(19)22)16-10-5-3-6-11-16/h3-15,22H,1-2H3.